The zero-order valence-electron chi connectivity index (χ0n) is 17.4. The monoisotopic (exact) mass is 445 g/mol. The number of fused-ring (bicyclic) bond motifs is 2. The van der Waals surface area contributed by atoms with Crippen LogP contribution in [0, 0.1) is 5.92 Å². The van der Waals surface area contributed by atoms with Crippen LogP contribution in [0.4, 0.5) is 5.95 Å². The lowest BCUT2D eigenvalue weighted by Gasteiger charge is -2.15. The van der Waals surface area contributed by atoms with Crippen molar-refractivity contribution in [3.63, 3.8) is 0 Å². The van der Waals surface area contributed by atoms with Crippen molar-refractivity contribution in [3.8, 4) is 11.3 Å². The van der Waals surface area contributed by atoms with E-state index in [9.17, 15) is 14.4 Å². The molecule has 0 radical (unpaired) electrons. The van der Waals surface area contributed by atoms with E-state index < -0.39 is 5.91 Å². The molecule has 0 fully saturated rings. The number of hydrogen-bond donors (Lipinski definition) is 1. The second-order valence-corrected chi connectivity index (χ2v) is 8.78. The highest BCUT2D eigenvalue weighted by Crippen LogP contribution is 2.27. The predicted octanol–water partition coefficient (Wildman–Crippen LogP) is 3.96. The van der Waals surface area contributed by atoms with Gasteiger partial charge in [0, 0.05) is 23.1 Å². The van der Waals surface area contributed by atoms with Crippen LogP contribution in [0.3, 0.4) is 0 Å². The molecule has 0 bridgehead atoms. The van der Waals surface area contributed by atoms with Crippen LogP contribution in [0.25, 0.3) is 16.2 Å². The molecule has 3 amide bonds. The van der Waals surface area contributed by atoms with Gasteiger partial charge in [0.25, 0.3) is 23.7 Å². The fourth-order valence-corrected chi connectivity index (χ4v) is 4.51. The van der Waals surface area contributed by atoms with E-state index in [4.69, 9.17) is 0 Å². The first-order valence-electron chi connectivity index (χ1n) is 10.1. The van der Waals surface area contributed by atoms with E-state index in [1.54, 1.807) is 4.52 Å². The first-order chi connectivity index (χ1) is 15.4. The highest BCUT2D eigenvalue weighted by Gasteiger charge is 2.36. The Morgan fingerprint density at radius 3 is 2.56 bits per heavy atom. The topological polar surface area (TPSA) is 96.7 Å². The SMILES string of the molecule is CC(C)CN1C(=O)c2ccc(C(=O)Nc3nc4scc(-c5ccccc5)n4n3)cc2C1=O. The van der Waals surface area contributed by atoms with Gasteiger partial charge in [-0.2, -0.15) is 4.98 Å². The molecule has 1 aliphatic rings. The number of carbonyl (C=O) groups is 3. The van der Waals surface area contributed by atoms with Crippen LogP contribution >= 0.6 is 11.3 Å². The minimum absolute atomic E-state index is 0.154. The van der Waals surface area contributed by atoms with E-state index in [2.05, 4.69) is 15.4 Å². The number of anilines is 1. The minimum Gasteiger partial charge on any atom is -0.289 e. The van der Waals surface area contributed by atoms with E-state index in [0.717, 1.165) is 11.3 Å². The Morgan fingerprint density at radius 1 is 1.06 bits per heavy atom. The van der Waals surface area contributed by atoms with Gasteiger partial charge in [-0.05, 0) is 24.1 Å². The predicted molar refractivity (Wildman–Crippen MR) is 121 cm³/mol. The standard InChI is InChI=1S/C23H19N5O3S/c1-13(2)11-27-20(30)16-9-8-15(10-17(16)21(27)31)19(29)24-22-25-23-28(26-22)18(12-32-23)14-6-4-3-5-7-14/h3-10,12-13H,11H2,1-2H3,(H,24,26,29). The summed E-state index contributed by atoms with van der Waals surface area (Å²) in [5.41, 5.74) is 2.70. The van der Waals surface area contributed by atoms with Crippen molar-refractivity contribution in [1.82, 2.24) is 19.5 Å². The molecule has 0 atom stereocenters. The third-order valence-electron chi connectivity index (χ3n) is 5.16. The summed E-state index contributed by atoms with van der Waals surface area (Å²) in [6.07, 6.45) is 0. The van der Waals surface area contributed by atoms with E-state index in [0.29, 0.717) is 17.1 Å². The Balaban J connectivity index is 1.39. The number of imide groups is 1. The number of amides is 3. The maximum absolute atomic E-state index is 12.8. The van der Waals surface area contributed by atoms with Crippen molar-refractivity contribution < 1.29 is 14.4 Å². The van der Waals surface area contributed by atoms with Crippen molar-refractivity contribution in [2.75, 3.05) is 11.9 Å². The van der Waals surface area contributed by atoms with Gasteiger partial charge in [0.2, 0.25) is 4.96 Å². The lowest BCUT2D eigenvalue weighted by Crippen LogP contribution is -2.33. The summed E-state index contributed by atoms with van der Waals surface area (Å²) < 4.78 is 1.68. The van der Waals surface area contributed by atoms with Crippen LogP contribution in [-0.2, 0) is 0 Å². The molecule has 160 valence electrons. The molecular weight excluding hydrogens is 426 g/mol. The summed E-state index contributed by atoms with van der Waals surface area (Å²) in [7, 11) is 0. The maximum Gasteiger partial charge on any atom is 0.261 e. The molecule has 2 aromatic carbocycles. The van der Waals surface area contributed by atoms with Gasteiger partial charge in [-0.15, -0.1) is 16.4 Å². The molecule has 8 nitrogen and oxygen atoms in total. The highest BCUT2D eigenvalue weighted by atomic mass is 32.1. The lowest BCUT2D eigenvalue weighted by molar-refractivity contribution is 0.0636. The number of aromatic nitrogens is 3. The average Bonchev–Trinajstić information content (AvgIpc) is 3.42. The van der Waals surface area contributed by atoms with E-state index in [1.807, 2.05) is 49.6 Å². The summed E-state index contributed by atoms with van der Waals surface area (Å²) in [5, 5.41) is 9.06. The molecule has 1 aliphatic heterocycles. The molecule has 0 saturated heterocycles. The number of thiazole rings is 1. The van der Waals surface area contributed by atoms with E-state index >= 15 is 0 Å². The van der Waals surface area contributed by atoms with Crippen molar-refractivity contribution in [2.24, 2.45) is 5.92 Å². The average molecular weight is 446 g/mol. The number of nitrogens with zero attached hydrogens (tertiary/aromatic N) is 4. The van der Waals surface area contributed by atoms with E-state index in [1.165, 1.54) is 34.4 Å². The molecule has 0 unspecified atom stereocenters. The number of benzene rings is 2. The van der Waals surface area contributed by atoms with Crippen molar-refractivity contribution in [1.29, 1.82) is 0 Å². The number of carbonyl (C=O) groups excluding carboxylic acids is 3. The summed E-state index contributed by atoms with van der Waals surface area (Å²) in [5.74, 6) is -0.823. The van der Waals surface area contributed by atoms with Crippen LogP contribution in [-0.4, -0.2) is 43.8 Å². The van der Waals surface area contributed by atoms with Crippen LogP contribution in [0.5, 0.6) is 0 Å². The van der Waals surface area contributed by atoms with Crippen LogP contribution in [0.15, 0.2) is 53.9 Å². The number of nitrogens with one attached hydrogen (secondary N) is 1. The molecular formula is C23H19N5O3S. The van der Waals surface area contributed by atoms with Gasteiger partial charge in [0.15, 0.2) is 0 Å². The van der Waals surface area contributed by atoms with Crippen molar-refractivity contribution in [3.05, 3.63) is 70.6 Å². The molecule has 5 rings (SSSR count). The molecule has 3 heterocycles. The lowest BCUT2D eigenvalue weighted by atomic mass is 10.1. The number of hydrogen-bond acceptors (Lipinski definition) is 6. The van der Waals surface area contributed by atoms with Crippen molar-refractivity contribution in [2.45, 2.75) is 13.8 Å². The second kappa shape index (κ2) is 7.69. The fraction of sp³-hybridized carbons (Fsp3) is 0.174. The normalized spacial score (nSPS) is 13.3. The minimum atomic E-state index is -0.449. The van der Waals surface area contributed by atoms with Gasteiger partial charge in [-0.3, -0.25) is 24.6 Å². The molecule has 0 saturated carbocycles. The Hall–Kier alpha value is -3.85. The van der Waals surface area contributed by atoms with Gasteiger partial charge < -0.3 is 0 Å². The van der Waals surface area contributed by atoms with Gasteiger partial charge in [-0.25, -0.2) is 4.52 Å². The molecule has 0 aliphatic carbocycles. The zero-order valence-corrected chi connectivity index (χ0v) is 18.2. The largest absolute Gasteiger partial charge is 0.289 e. The first-order valence-corrected chi connectivity index (χ1v) is 11.0. The Morgan fingerprint density at radius 2 is 1.81 bits per heavy atom. The summed E-state index contributed by atoms with van der Waals surface area (Å²) in [6.45, 7) is 4.22. The maximum atomic E-state index is 12.8. The first kappa shape index (κ1) is 20.1. The fourth-order valence-electron chi connectivity index (χ4n) is 3.68. The Labute approximate surface area is 187 Å². The second-order valence-electron chi connectivity index (χ2n) is 7.95. The Kier molecular flexibility index (Phi) is 4.82. The van der Waals surface area contributed by atoms with Gasteiger partial charge in [0.05, 0.1) is 16.8 Å². The van der Waals surface area contributed by atoms with Crippen LogP contribution in [0.2, 0.25) is 0 Å². The number of rotatable bonds is 5. The quantitative estimate of drug-likeness (QED) is 0.469. The summed E-state index contributed by atoms with van der Waals surface area (Å²) in [6, 6.07) is 14.3. The molecule has 0 spiro atoms. The van der Waals surface area contributed by atoms with Crippen LogP contribution < -0.4 is 5.32 Å². The molecule has 32 heavy (non-hydrogen) atoms. The third kappa shape index (κ3) is 3.36. The highest BCUT2D eigenvalue weighted by molar-refractivity contribution is 7.15. The molecule has 4 aromatic rings. The van der Waals surface area contributed by atoms with Crippen LogP contribution in [0.1, 0.15) is 44.9 Å². The van der Waals surface area contributed by atoms with Gasteiger partial charge in [0.1, 0.15) is 0 Å². The zero-order chi connectivity index (χ0) is 22.4. The van der Waals surface area contributed by atoms with Gasteiger partial charge in [-0.1, -0.05) is 44.2 Å². The smallest absolute Gasteiger partial charge is 0.261 e. The van der Waals surface area contributed by atoms with E-state index in [-0.39, 0.29) is 34.8 Å². The molecule has 9 heteroatoms. The molecule has 1 N–H and O–H groups in total. The summed E-state index contributed by atoms with van der Waals surface area (Å²) in [4.78, 5) is 44.3. The third-order valence-corrected chi connectivity index (χ3v) is 5.97. The van der Waals surface area contributed by atoms with Gasteiger partial charge >= 0.3 is 0 Å². The molecule has 2 aromatic heterocycles. The Bertz CT molecular complexity index is 1370. The summed E-state index contributed by atoms with van der Waals surface area (Å²) >= 11 is 1.42. The van der Waals surface area contributed by atoms with Crippen molar-refractivity contribution >= 4 is 40.0 Å².